The lowest BCUT2D eigenvalue weighted by atomic mass is 10.1. The van der Waals surface area contributed by atoms with Crippen LogP contribution in [-0.2, 0) is 0 Å². The molecule has 4 rings (SSSR count). The van der Waals surface area contributed by atoms with Crippen LogP contribution in [-0.4, -0.2) is 25.1 Å². The Bertz CT molecular complexity index is 1040. The van der Waals surface area contributed by atoms with Gasteiger partial charge in [-0.15, -0.1) is 20.4 Å². The van der Waals surface area contributed by atoms with Gasteiger partial charge in [0.2, 0.25) is 16.9 Å². The number of rotatable bonds is 5. The summed E-state index contributed by atoms with van der Waals surface area (Å²) in [5.41, 5.74) is 2.98. The Morgan fingerprint density at radius 1 is 0.926 bits per heavy atom. The minimum Gasteiger partial charge on any atom is -0.419 e. The number of nitrogen functional groups attached to an aromatic ring is 1. The Kier molecular flexibility index (Phi) is 4.64. The minimum absolute atomic E-state index is 0.118. The van der Waals surface area contributed by atoms with Crippen LogP contribution in [0.2, 0.25) is 0 Å². The molecule has 0 aliphatic heterocycles. The molecule has 2 heterocycles. The summed E-state index contributed by atoms with van der Waals surface area (Å²) < 4.78 is 7.29. The zero-order valence-corrected chi connectivity index (χ0v) is 15.7. The highest BCUT2D eigenvalue weighted by molar-refractivity contribution is 7.99. The highest BCUT2D eigenvalue weighted by Gasteiger charge is 2.20. The van der Waals surface area contributed by atoms with E-state index in [1.54, 1.807) is 0 Å². The molecule has 0 aliphatic carbocycles. The van der Waals surface area contributed by atoms with E-state index in [1.165, 1.54) is 22.0 Å². The molecular formula is C19H18N6OS. The Morgan fingerprint density at radius 3 is 2.41 bits per heavy atom. The highest BCUT2D eigenvalue weighted by atomic mass is 32.2. The molecule has 7 nitrogen and oxygen atoms in total. The van der Waals surface area contributed by atoms with Crippen LogP contribution in [0.3, 0.4) is 0 Å². The van der Waals surface area contributed by atoms with Crippen molar-refractivity contribution in [3.63, 3.8) is 0 Å². The molecule has 1 atom stereocenters. The lowest BCUT2D eigenvalue weighted by Crippen LogP contribution is -2.12. The van der Waals surface area contributed by atoms with Crippen LogP contribution in [0.25, 0.3) is 22.8 Å². The Balaban J connectivity index is 1.53. The van der Waals surface area contributed by atoms with Crippen molar-refractivity contribution in [1.29, 1.82) is 0 Å². The quantitative estimate of drug-likeness (QED) is 0.416. The molecule has 0 radical (unpaired) electrons. The first-order chi connectivity index (χ1) is 13.1. The van der Waals surface area contributed by atoms with Crippen molar-refractivity contribution in [1.82, 2.24) is 25.1 Å². The van der Waals surface area contributed by atoms with Crippen LogP contribution in [0.15, 0.2) is 64.2 Å². The lowest BCUT2D eigenvalue weighted by molar-refractivity contribution is 0.509. The van der Waals surface area contributed by atoms with Gasteiger partial charge in [-0.2, -0.15) is 0 Å². The summed E-state index contributed by atoms with van der Waals surface area (Å²) in [6, 6.07) is 17.7. The molecule has 0 amide bonds. The van der Waals surface area contributed by atoms with Gasteiger partial charge < -0.3 is 10.3 Å². The first-order valence-electron chi connectivity index (χ1n) is 8.45. The van der Waals surface area contributed by atoms with Crippen LogP contribution in [0.4, 0.5) is 0 Å². The van der Waals surface area contributed by atoms with E-state index in [0.717, 1.165) is 11.1 Å². The van der Waals surface area contributed by atoms with Crippen molar-refractivity contribution >= 4 is 11.8 Å². The maximum atomic E-state index is 6.20. The van der Waals surface area contributed by atoms with Gasteiger partial charge in [-0.3, -0.25) is 0 Å². The first kappa shape index (κ1) is 17.3. The van der Waals surface area contributed by atoms with Crippen LogP contribution < -0.4 is 5.84 Å². The highest BCUT2D eigenvalue weighted by Crippen LogP contribution is 2.34. The first-order valence-corrected chi connectivity index (χ1v) is 9.33. The third-order valence-corrected chi connectivity index (χ3v) is 5.11. The predicted octanol–water partition coefficient (Wildman–Crippen LogP) is 3.87. The van der Waals surface area contributed by atoms with E-state index in [1.807, 2.05) is 68.4 Å². The van der Waals surface area contributed by atoms with E-state index in [-0.39, 0.29) is 5.25 Å². The summed E-state index contributed by atoms with van der Waals surface area (Å²) in [6.45, 7) is 4.00. The number of nitrogens with zero attached hydrogens (tertiary/aromatic N) is 5. The second-order valence-electron chi connectivity index (χ2n) is 6.11. The molecule has 2 N–H and O–H groups in total. The summed E-state index contributed by atoms with van der Waals surface area (Å²) in [4.78, 5) is 0. The Labute approximate surface area is 160 Å². The number of nitrogens with two attached hydrogens (primary N) is 1. The maximum Gasteiger partial charge on any atom is 0.247 e. The molecule has 0 spiro atoms. The maximum absolute atomic E-state index is 6.20. The van der Waals surface area contributed by atoms with E-state index in [0.29, 0.717) is 22.8 Å². The number of aromatic nitrogens is 5. The molecule has 2 aromatic heterocycles. The normalized spacial score (nSPS) is 12.2. The largest absolute Gasteiger partial charge is 0.419 e. The SMILES string of the molecule is Cc1ccc(-c2nnc(S[C@H](C)c3nnc(-c4ccccc4)o3)n2N)cc1. The summed E-state index contributed by atoms with van der Waals surface area (Å²) in [7, 11) is 0. The molecule has 0 saturated carbocycles. The molecule has 4 aromatic rings. The molecule has 0 unspecified atom stereocenters. The fourth-order valence-corrected chi connectivity index (χ4v) is 3.36. The van der Waals surface area contributed by atoms with Gasteiger partial charge in [0.05, 0.1) is 5.25 Å². The third-order valence-electron chi connectivity index (χ3n) is 4.07. The molecular weight excluding hydrogens is 360 g/mol. The standard InChI is InChI=1S/C19H18N6OS/c1-12-8-10-14(11-9-12)16-21-24-19(25(16)20)27-13(2)17-22-23-18(26-17)15-6-4-3-5-7-15/h3-11,13H,20H2,1-2H3/t13-/m1/s1. The molecule has 0 aliphatic rings. The van der Waals surface area contributed by atoms with Gasteiger partial charge in [-0.25, -0.2) is 4.68 Å². The van der Waals surface area contributed by atoms with Crippen LogP contribution in [0.1, 0.15) is 23.6 Å². The molecule has 0 bridgehead atoms. The Hall–Kier alpha value is -3.13. The van der Waals surface area contributed by atoms with E-state index in [4.69, 9.17) is 10.3 Å². The minimum atomic E-state index is -0.118. The van der Waals surface area contributed by atoms with Crippen LogP contribution in [0, 0.1) is 6.92 Å². The number of aryl methyl sites for hydroxylation is 1. The fourth-order valence-electron chi connectivity index (χ4n) is 2.56. The average Bonchev–Trinajstić information content (AvgIpc) is 3.31. The van der Waals surface area contributed by atoms with Crippen LogP contribution >= 0.6 is 11.8 Å². The monoisotopic (exact) mass is 378 g/mol. The molecule has 0 fully saturated rings. The number of hydrogen-bond acceptors (Lipinski definition) is 7. The van der Waals surface area contributed by atoms with Crippen molar-refractivity contribution in [2.45, 2.75) is 24.3 Å². The fraction of sp³-hybridized carbons (Fsp3) is 0.158. The van der Waals surface area contributed by atoms with E-state index in [9.17, 15) is 0 Å². The third kappa shape index (κ3) is 3.56. The average molecular weight is 378 g/mol. The summed E-state index contributed by atoms with van der Waals surface area (Å²) in [6.07, 6.45) is 0. The van der Waals surface area contributed by atoms with Gasteiger partial charge >= 0.3 is 0 Å². The second kappa shape index (κ2) is 7.24. The number of hydrogen-bond donors (Lipinski definition) is 1. The zero-order chi connectivity index (χ0) is 18.8. The van der Waals surface area contributed by atoms with Crippen molar-refractivity contribution in [2.24, 2.45) is 0 Å². The van der Waals surface area contributed by atoms with Gasteiger partial charge in [0, 0.05) is 11.1 Å². The van der Waals surface area contributed by atoms with Crippen LogP contribution in [0.5, 0.6) is 0 Å². The number of benzene rings is 2. The van der Waals surface area contributed by atoms with E-state index in [2.05, 4.69) is 20.4 Å². The summed E-state index contributed by atoms with van der Waals surface area (Å²) in [5.74, 6) is 7.82. The van der Waals surface area contributed by atoms with Gasteiger partial charge in [0.15, 0.2) is 5.82 Å². The lowest BCUT2D eigenvalue weighted by Gasteiger charge is -2.07. The van der Waals surface area contributed by atoms with Crippen molar-refractivity contribution in [3.8, 4) is 22.8 Å². The molecule has 136 valence electrons. The summed E-state index contributed by atoms with van der Waals surface area (Å²) >= 11 is 1.42. The number of thioether (sulfide) groups is 1. The molecule has 2 aromatic carbocycles. The van der Waals surface area contributed by atoms with E-state index < -0.39 is 0 Å². The predicted molar refractivity (Wildman–Crippen MR) is 104 cm³/mol. The van der Waals surface area contributed by atoms with Crippen molar-refractivity contribution in [3.05, 3.63) is 66.1 Å². The second-order valence-corrected chi connectivity index (χ2v) is 7.42. The van der Waals surface area contributed by atoms with Gasteiger partial charge in [0.25, 0.3) is 0 Å². The molecule has 27 heavy (non-hydrogen) atoms. The summed E-state index contributed by atoms with van der Waals surface area (Å²) in [5, 5.41) is 17.2. The topological polar surface area (TPSA) is 95.6 Å². The molecule has 8 heteroatoms. The van der Waals surface area contributed by atoms with Gasteiger partial charge in [-0.1, -0.05) is 59.8 Å². The van der Waals surface area contributed by atoms with Crippen molar-refractivity contribution < 1.29 is 4.42 Å². The molecule has 0 saturated heterocycles. The zero-order valence-electron chi connectivity index (χ0n) is 14.9. The smallest absolute Gasteiger partial charge is 0.247 e. The van der Waals surface area contributed by atoms with E-state index >= 15 is 0 Å². The van der Waals surface area contributed by atoms with Gasteiger partial charge in [-0.05, 0) is 26.0 Å². The Morgan fingerprint density at radius 2 is 1.67 bits per heavy atom. The van der Waals surface area contributed by atoms with Gasteiger partial charge in [0.1, 0.15) is 0 Å². The van der Waals surface area contributed by atoms with Crippen molar-refractivity contribution in [2.75, 3.05) is 5.84 Å².